The Morgan fingerprint density at radius 2 is 1.93 bits per heavy atom. The molecule has 4 rings (SSSR count). The third-order valence-corrected chi connectivity index (χ3v) is 5.26. The van der Waals surface area contributed by atoms with Crippen LogP contribution in [0.25, 0.3) is 11.4 Å². The lowest BCUT2D eigenvalue weighted by Gasteiger charge is -2.27. The number of nitro benzene ring substituents is 1. The molecule has 0 saturated carbocycles. The van der Waals surface area contributed by atoms with E-state index in [0.29, 0.717) is 0 Å². The van der Waals surface area contributed by atoms with Crippen molar-refractivity contribution < 1.29 is 9.66 Å². The van der Waals surface area contributed by atoms with Gasteiger partial charge in [0.15, 0.2) is 0 Å². The van der Waals surface area contributed by atoms with E-state index in [1.165, 1.54) is 23.4 Å². The average molecular weight is 378 g/mol. The summed E-state index contributed by atoms with van der Waals surface area (Å²) in [5.41, 5.74) is 4.44. The number of nitrogens with zero attached hydrogens (tertiary/aromatic N) is 4. The SMILES string of the molecule is COc1ccccc1CN1CCc2nc(-c3ccc([N+](=O)[O-])cc3)n(C)c2C1. The molecule has 0 spiro atoms. The summed E-state index contributed by atoms with van der Waals surface area (Å²) < 4.78 is 7.58. The molecule has 0 aliphatic carbocycles. The zero-order chi connectivity index (χ0) is 19.7. The molecule has 7 heteroatoms. The lowest BCUT2D eigenvalue weighted by atomic mass is 10.1. The molecule has 0 amide bonds. The van der Waals surface area contributed by atoms with Gasteiger partial charge in [0.05, 0.1) is 23.4 Å². The van der Waals surface area contributed by atoms with Crippen LogP contribution in [-0.2, 0) is 26.6 Å². The van der Waals surface area contributed by atoms with E-state index in [4.69, 9.17) is 9.72 Å². The highest BCUT2D eigenvalue weighted by Gasteiger charge is 2.24. The van der Waals surface area contributed by atoms with E-state index in [9.17, 15) is 10.1 Å². The van der Waals surface area contributed by atoms with E-state index in [2.05, 4.69) is 15.5 Å². The Labute approximate surface area is 163 Å². The van der Waals surface area contributed by atoms with Crippen LogP contribution in [0, 0.1) is 10.1 Å². The van der Waals surface area contributed by atoms with Crippen LogP contribution >= 0.6 is 0 Å². The van der Waals surface area contributed by atoms with Crippen LogP contribution in [0.4, 0.5) is 5.69 Å². The van der Waals surface area contributed by atoms with Gasteiger partial charge in [-0.15, -0.1) is 0 Å². The molecule has 2 heterocycles. The van der Waals surface area contributed by atoms with Crippen molar-refractivity contribution in [2.24, 2.45) is 7.05 Å². The van der Waals surface area contributed by atoms with Crippen LogP contribution in [0.3, 0.4) is 0 Å². The van der Waals surface area contributed by atoms with Crippen molar-refractivity contribution in [2.75, 3.05) is 13.7 Å². The predicted molar refractivity (Wildman–Crippen MR) is 106 cm³/mol. The fourth-order valence-electron chi connectivity index (χ4n) is 3.74. The highest BCUT2D eigenvalue weighted by atomic mass is 16.6. The second kappa shape index (κ2) is 7.44. The quantitative estimate of drug-likeness (QED) is 0.501. The van der Waals surface area contributed by atoms with E-state index < -0.39 is 0 Å². The van der Waals surface area contributed by atoms with Crippen molar-refractivity contribution in [1.82, 2.24) is 14.5 Å². The van der Waals surface area contributed by atoms with Gasteiger partial charge >= 0.3 is 0 Å². The fourth-order valence-corrected chi connectivity index (χ4v) is 3.74. The number of nitro groups is 1. The lowest BCUT2D eigenvalue weighted by Crippen LogP contribution is -2.31. The average Bonchev–Trinajstić information content (AvgIpc) is 3.05. The van der Waals surface area contributed by atoms with Crippen LogP contribution < -0.4 is 4.74 Å². The lowest BCUT2D eigenvalue weighted by molar-refractivity contribution is -0.384. The van der Waals surface area contributed by atoms with Crippen LogP contribution in [0.2, 0.25) is 0 Å². The number of non-ortho nitro benzene ring substituents is 1. The molecule has 7 nitrogen and oxygen atoms in total. The van der Waals surface area contributed by atoms with Gasteiger partial charge in [0.2, 0.25) is 0 Å². The number of para-hydroxylation sites is 1. The van der Waals surface area contributed by atoms with Gasteiger partial charge in [-0.2, -0.15) is 0 Å². The molecule has 1 aromatic heterocycles. The molecule has 1 aliphatic heterocycles. The minimum atomic E-state index is -0.386. The van der Waals surface area contributed by atoms with Gasteiger partial charge in [0, 0.05) is 56.4 Å². The Hall–Kier alpha value is -3.19. The molecule has 144 valence electrons. The normalized spacial score (nSPS) is 13.9. The van der Waals surface area contributed by atoms with Gasteiger partial charge in [0.25, 0.3) is 5.69 Å². The third-order valence-electron chi connectivity index (χ3n) is 5.26. The summed E-state index contributed by atoms with van der Waals surface area (Å²) in [5, 5.41) is 10.9. The van der Waals surface area contributed by atoms with Gasteiger partial charge in [-0.05, 0) is 18.2 Å². The Morgan fingerprint density at radius 1 is 1.18 bits per heavy atom. The van der Waals surface area contributed by atoms with Gasteiger partial charge < -0.3 is 9.30 Å². The molecular formula is C21H22N4O3. The maximum absolute atomic E-state index is 10.9. The second-order valence-electron chi connectivity index (χ2n) is 6.96. The summed E-state index contributed by atoms with van der Waals surface area (Å²) in [5.74, 6) is 1.75. The van der Waals surface area contributed by atoms with Crippen molar-refractivity contribution in [2.45, 2.75) is 19.5 Å². The first-order chi connectivity index (χ1) is 13.6. The first-order valence-electron chi connectivity index (χ1n) is 9.20. The number of imidazole rings is 1. The van der Waals surface area contributed by atoms with Gasteiger partial charge in [-0.3, -0.25) is 15.0 Å². The minimum Gasteiger partial charge on any atom is -0.496 e. The summed E-state index contributed by atoms with van der Waals surface area (Å²) in [6.45, 7) is 2.56. The van der Waals surface area contributed by atoms with E-state index in [1.807, 2.05) is 25.2 Å². The minimum absolute atomic E-state index is 0.0886. The van der Waals surface area contributed by atoms with Crippen molar-refractivity contribution in [3.05, 3.63) is 75.6 Å². The Kier molecular flexibility index (Phi) is 4.83. The van der Waals surface area contributed by atoms with Crippen LogP contribution in [0.1, 0.15) is 17.0 Å². The fraction of sp³-hybridized carbons (Fsp3) is 0.286. The summed E-state index contributed by atoms with van der Waals surface area (Å²) >= 11 is 0. The van der Waals surface area contributed by atoms with E-state index in [0.717, 1.165) is 48.9 Å². The number of ether oxygens (including phenoxy) is 1. The van der Waals surface area contributed by atoms with E-state index in [-0.39, 0.29) is 10.6 Å². The van der Waals surface area contributed by atoms with Crippen LogP contribution in [0.5, 0.6) is 5.75 Å². The number of methoxy groups -OCH3 is 1. The molecule has 0 bridgehead atoms. The number of hydrogen-bond donors (Lipinski definition) is 0. The molecule has 2 aromatic carbocycles. The molecule has 0 saturated heterocycles. The molecule has 0 fully saturated rings. The maximum atomic E-state index is 10.9. The van der Waals surface area contributed by atoms with Gasteiger partial charge in [0.1, 0.15) is 11.6 Å². The standard InChI is InChI=1S/C21H22N4O3/c1-23-19-14-24(13-16-5-3-4-6-20(16)28-2)12-11-18(19)22-21(23)15-7-9-17(10-8-15)25(26)27/h3-10H,11-14H2,1-2H3. The van der Waals surface area contributed by atoms with Gasteiger partial charge in [-0.25, -0.2) is 4.98 Å². The van der Waals surface area contributed by atoms with Crippen molar-refractivity contribution in [3.63, 3.8) is 0 Å². The third kappa shape index (κ3) is 3.36. The molecule has 0 atom stereocenters. The molecule has 3 aromatic rings. The van der Waals surface area contributed by atoms with E-state index in [1.54, 1.807) is 19.2 Å². The summed E-state index contributed by atoms with van der Waals surface area (Å²) in [6, 6.07) is 14.7. The Bertz CT molecular complexity index is 1010. The largest absolute Gasteiger partial charge is 0.496 e. The molecule has 1 aliphatic rings. The first kappa shape index (κ1) is 18.2. The van der Waals surface area contributed by atoms with Crippen LogP contribution in [-0.4, -0.2) is 33.0 Å². The topological polar surface area (TPSA) is 73.4 Å². The highest BCUT2D eigenvalue weighted by molar-refractivity contribution is 5.59. The second-order valence-corrected chi connectivity index (χ2v) is 6.96. The monoisotopic (exact) mass is 378 g/mol. The number of benzene rings is 2. The summed E-state index contributed by atoms with van der Waals surface area (Å²) in [4.78, 5) is 17.7. The Balaban J connectivity index is 1.57. The predicted octanol–water partition coefficient (Wildman–Crippen LogP) is 3.56. The van der Waals surface area contributed by atoms with E-state index >= 15 is 0 Å². The molecule has 0 N–H and O–H groups in total. The molecule has 28 heavy (non-hydrogen) atoms. The zero-order valence-corrected chi connectivity index (χ0v) is 16.0. The Morgan fingerprint density at radius 3 is 2.64 bits per heavy atom. The highest BCUT2D eigenvalue weighted by Crippen LogP contribution is 2.28. The summed E-state index contributed by atoms with van der Waals surface area (Å²) in [6.07, 6.45) is 0.880. The number of rotatable bonds is 5. The maximum Gasteiger partial charge on any atom is 0.269 e. The molecule has 0 unspecified atom stereocenters. The van der Waals surface area contributed by atoms with Gasteiger partial charge in [-0.1, -0.05) is 18.2 Å². The number of fused-ring (bicyclic) bond motifs is 1. The van der Waals surface area contributed by atoms with Crippen molar-refractivity contribution in [1.29, 1.82) is 0 Å². The van der Waals surface area contributed by atoms with Crippen LogP contribution in [0.15, 0.2) is 48.5 Å². The molecule has 0 radical (unpaired) electrons. The number of hydrogen-bond acceptors (Lipinski definition) is 5. The smallest absolute Gasteiger partial charge is 0.269 e. The zero-order valence-electron chi connectivity index (χ0n) is 16.0. The molecular weight excluding hydrogens is 356 g/mol. The number of aromatic nitrogens is 2. The van der Waals surface area contributed by atoms with Crippen molar-refractivity contribution >= 4 is 5.69 Å². The summed E-state index contributed by atoms with van der Waals surface area (Å²) in [7, 11) is 3.71. The first-order valence-corrected chi connectivity index (χ1v) is 9.20. The van der Waals surface area contributed by atoms with Crippen molar-refractivity contribution in [3.8, 4) is 17.1 Å².